The number of aromatic nitrogens is 1. The number of methoxy groups -OCH3 is 1. The molecule has 0 bridgehead atoms. The van der Waals surface area contributed by atoms with Gasteiger partial charge in [-0.05, 0) is 32.9 Å². The molecule has 0 amide bonds. The highest BCUT2D eigenvalue weighted by atomic mass is 16.5. The van der Waals surface area contributed by atoms with Crippen molar-refractivity contribution in [3.8, 4) is 0 Å². The summed E-state index contributed by atoms with van der Waals surface area (Å²) in [6, 6.07) is 3.79. The predicted molar refractivity (Wildman–Crippen MR) is 74.2 cm³/mol. The second-order valence-corrected chi connectivity index (χ2v) is 4.92. The van der Waals surface area contributed by atoms with Gasteiger partial charge in [0, 0.05) is 38.5 Å². The smallest absolute Gasteiger partial charge is 0.250 e. The third-order valence-corrected chi connectivity index (χ3v) is 3.02. The monoisotopic (exact) mass is 252 g/mol. The lowest BCUT2D eigenvalue weighted by Gasteiger charge is -2.17. The van der Waals surface area contributed by atoms with Gasteiger partial charge in [-0.1, -0.05) is 6.07 Å². The first kappa shape index (κ1) is 14.9. The number of rotatable bonds is 7. The summed E-state index contributed by atoms with van der Waals surface area (Å²) < 4.78 is 6.83. The molecule has 18 heavy (non-hydrogen) atoms. The Kier molecular flexibility index (Phi) is 6.09. The lowest BCUT2D eigenvalue weighted by Crippen LogP contribution is -2.26. The van der Waals surface area contributed by atoms with Crippen molar-refractivity contribution in [1.82, 2.24) is 9.47 Å². The van der Waals surface area contributed by atoms with Crippen LogP contribution in [0.2, 0.25) is 0 Å². The largest absolute Gasteiger partial charge is 0.383 e. The first-order valence-corrected chi connectivity index (χ1v) is 6.43. The van der Waals surface area contributed by atoms with E-state index in [9.17, 15) is 4.79 Å². The van der Waals surface area contributed by atoms with E-state index in [1.807, 2.05) is 26.1 Å². The lowest BCUT2D eigenvalue weighted by atomic mass is 10.2. The van der Waals surface area contributed by atoms with Crippen molar-refractivity contribution in [3.63, 3.8) is 0 Å². The van der Waals surface area contributed by atoms with Crippen LogP contribution < -0.4 is 5.56 Å². The van der Waals surface area contributed by atoms with Crippen LogP contribution in [0.3, 0.4) is 0 Å². The third-order valence-electron chi connectivity index (χ3n) is 3.02. The second-order valence-electron chi connectivity index (χ2n) is 4.92. The molecule has 0 fully saturated rings. The van der Waals surface area contributed by atoms with E-state index in [-0.39, 0.29) is 11.6 Å². The Balaban J connectivity index is 2.57. The zero-order chi connectivity index (χ0) is 13.5. The maximum Gasteiger partial charge on any atom is 0.250 e. The summed E-state index contributed by atoms with van der Waals surface area (Å²) in [6.07, 6.45) is 2.92. The zero-order valence-electron chi connectivity index (χ0n) is 11.8. The molecule has 1 aromatic heterocycles. The highest BCUT2D eigenvalue weighted by Gasteiger charge is 2.04. The third kappa shape index (κ3) is 4.63. The Labute approximate surface area is 109 Å². The van der Waals surface area contributed by atoms with E-state index in [2.05, 4.69) is 11.9 Å². The van der Waals surface area contributed by atoms with E-state index in [0.29, 0.717) is 0 Å². The van der Waals surface area contributed by atoms with Crippen molar-refractivity contribution in [1.29, 1.82) is 0 Å². The van der Waals surface area contributed by atoms with Crippen molar-refractivity contribution >= 4 is 0 Å². The minimum absolute atomic E-state index is 0.0708. The summed E-state index contributed by atoms with van der Waals surface area (Å²) in [5.74, 6) is 0. The summed E-state index contributed by atoms with van der Waals surface area (Å²) >= 11 is 0. The average Bonchev–Trinajstić information content (AvgIpc) is 2.35. The maximum absolute atomic E-state index is 11.6. The molecule has 4 heteroatoms. The number of likely N-dealkylation sites (N-methyl/N-ethyl adjacent to an activating group) is 1. The van der Waals surface area contributed by atoms with Crippen molar-refractivity contribution in [2.75, 3.05) is 33.9 Å². The Morgan fingerprint density at radius 2 is 2.06 bits per heavy atom. The molecule has 0 aromatic carbocycles. The van der Waals surface area contributed by atoms with Gasteiger partial charge in [-0.2, -0.15) is 0 Å². The fourth-order valence-electron chi connectivity index (χ4n) is 1.78. The van der Waals surface area contributed by atoms with Gasteiger partial charge in [0.25, 0.3) is 5.56 Å². The standard InChI is InChI=1S/C14H24N2O2/c1-12(2)16-11-13(5-6-14(16)17)7-8-15(3)9-10-18-4/h5-6,11-12H,7-10H2,1-4H3. The van der Waals surface area contributed by atoms with Crippen LogP contribution in [0.15, 0.2) is 23.1 Å². The average molecular weight is 252 g/mol. The van der Waals surface area contributed by atoms with E-state index in [1.54, 1.807) is 17.7 Å². The number of ether oxygens (including phenoxy) is 1. The van der Waals surface area contributed by atoms with Gasteiger partial charge in [-0.3, -0.25) is 4.79 Å². The van der Waals surface area contributed by atoms with E-state index in [1.165, 1.54) is 5.56 Å². The molecule has 0 atom stereocenters. The number of pyridine rings is 1. The molecule has 4 nitrogen and oxygen atoms in total. The topological polar surface area (TPSA) is 34.5 Å². The Morgan fingerprint density at radius 3 is 2.67 bits per heavy atom. The fraction of sp³-hybridized carbons (Fsp3) is 0.643. The van der Waals surface area contributed by atoms with Crippen LogP contribution in [0.25, 0.3) is 0 Å². The van der Waals surface area contributed by atoms with Crippen LogP contribution in [0.1, 0.15) is 25.5 Å². The molecule has 0 spiro atoms. The second kappa shape index (κ2) is 7.34. The molecule has 0 radical (unpaired) electrons. The molecule has 0 aliphatic rings. The molecule has 0 saturated carbocycles. The van der Waals surface area contributed by atoms with E-state index < -0.39 is 0 Å². The van der Waals surface area contributed by atoms with Gasteiger partial charge in [0.1, 0.15) is 0 Å². The molecule has 0 aliphatic carbocycles. The summed E-state index contributed by atoms with van der Waals surface area (Å²) in [5.41, 5.74) is 1.27. The molecule has 1 aromatic rings. The van der Waals surface area contributed by atoms with Crippen LogP contribution in [-0.4, -0.2) is 43.3 Å². The van der Waals surface area contributed by atoms with Gasteiger partial charge in [0.05, 0.1) is 6.61 Å². The Bertz CT molecular complexity index is 413. The summed E-state index contributed by atoms with van der Waals surface area (Å²) in [4.78, 5) is 13.9. The molecular weight excluding hydrogens is 228 g/mol. The minimum atomic E-state index is 0.0708. The normalized spacial score (nSPS) is 11.4. The van der Waals surface area contributed by atoms with Gasteiger partial charge < -0.3 is 14.2 Å². The molecule has 0 N–H and O–H groups in total. The fourth-order valence-corrected chi connectivity index (χ4v) is 1.78. The van der Waals surface area contributed by atoms with Gasteiger partial charge in [-0.25, -0.2) is 0 Å². The number of nitrogens with zero attached hydrogens (tertiary/aromatic N) is 2. The van der Waals surface area contributed by atoms with E-state index in [4.69, 9.17) is 4.74 Å². The highest BCUT2D eigenvalue weighted by Crippen LogP contribution is 2.04. The van der Waals surface area contributed by atoms with Crippen LogP contribution >= 0.6 is 0 Å². The Morgan fingerprint density at radius 1 is 1.33 bits per heavy atom. The molecular formula is C14H24N2O2. The zero-order valence-corrected chi connectivity index (χ0v) is 11.8. The van der Waals surface area contributed by atoms with E-state index >= 15 is 0 Å². The first-order valence-electron chi connectivity index (χ1n) is 6.43. The van der Waals surface area contributed by atoms with Gasteiger partial charge in [-0.15, -0.1) is 0 Å². The SMILES string of the molecule is COCCN(C)CCc1ccc(=O)n(C(C)C)c1. The molecule has 0 saturated heterocycles. The molecule has 1 heterocycles. The van der Waals surface area contributed by atoms with Crippen molar-refractivity contribution in [2.45, 2.75) is 26.3 Å². The number of hydrogen-bond donors (Lipinski definition) is 0. The van der Waals surface area contributed by atoms with Gasteiger partial charge in [0.2, 0.25) is 0 Å². The van der Waals surface area contributed by atoms with Crippen LogP contribution in [0.5, 0.6) is 0 Å². The van der Waals surface area contributed by atoms with Crippen molar-refractivity contribution in [2.24, 2.45) is 0 Å². The highest BCUT2D eigenvalue weighted by molar-refractivity contribution is 5.11. The van der Waals surface area contributed by atoms with E-state index in [0.717, 1.165) is 26.1 Å². The van der Waals surface area contributed by atoms with Crippen molar-refractivity contribution in [3.05, 3.63) is 34.2 Å². The quantitative estimate of drug-likeness (QED) is 0.738. The van der Waals surface area contributed by atoms with Crippen LogP contribution in [-0.2, 0) is 11.2 Å². The summed E-state index contributed by atoms with van der Waals surface area (Å²) in [5, 5.41) is 0. The molecule has 1 rings (SSSR count). The molecule has 0 unspecified atom stereocenters. The Hall–Kier alpha value is -1.13. The van der Waals surface area contributed by atoms with Crippen molar-refractivity contribution < 1.29 is 4.74 Å². The molecule has 0 aliphatic heterocycles. The van der Waals surface area contributed by atoms with Gasteiger partial charge >= 0.3 is 0 Å². The maximum atomic E-state index is 11.6. The minimum Gasteiger partial charge on any atom is -0.383 e. The van der Waals surface area contributed by atoms with Crippen LogP contribution in [0.4, 0.5) is 0 Å². The summed E-state index contributed by atoms with van der Waals surface area (Å²) in [6.45, 7) is 6.70. The number of hydrogen-bond acceptors (Lipinski definition) is 3. The summed E-state index contributed by atoms with van der Waals surface area (Å²) in [7, 11) is 3.80. The predicted octanol–water partition coefficient (Wildman–Crippen LogP) is 1.55. The van der Waals surface area contributed by atoms with Gasteiger partial charge in [0.15, 0.2) is 0 Å². The van der Waals surface area contributed by atoms with Crippen LogP contribution in [0, 0.1) is 0 Å². The molecule has 102 valence electrons. The lowest BCUT2D eigenvalue weighted by molar-refractivity contribution is 0.162. The first-order chi connectivity index (χ1) is 8.54.